The number of anilines is 1. The maximum atomic E-state index is 5.75. The lowest BCUT2D eigenvalue weighted by Gasteiger charge is -2.62. The Morgan fingerprint density at radius 1 is 1.31 bits per heavy atom. The summed E-state index contributed by atoms with van der Waals surface area (Å²) in [5, 5.41) is 0. The van der Waals surface area contributed by atoms with Crippen LogP contribution in [0.5, 0.6) is 0 Å². The van der Waals surface area contributed by atoms with Crippen LogP contribution in [-0.4, -0.2) is 0 Å². The molecule has 0 atom stereocenters. The van der Waals surface area contributed by atoms with E-state index in [0.717, 1.165) is 11.6 Å². The summed E-state index contributed by atoms with van der Waals surface area (Å²) < 4.78 is 0. The van der Waals surface area contributed by atoms with Gasteiger partial charge in [0.25, 0.3) is 0 Å². The van der Waals surface area contributed by atoms with Crippen LogP contribution in [-0.2, 0) is 6.42 Å². The molecule has 3 fully saturated rings. The zero-order chi connectivity index (χ0) is 8.89. The molecule has 1 nitrogen and oxygen atoms in total. The van der Waals surface area contributed by atoms with Crippen molar-refractivity contribution in [3.63, 3.8) is 0 Å². The van der Waals surface area contributed by atoms with Crippen LogP contribution in [0.1, 0.15) is 24.8 Å². The lowest BCUT2D eigenvalue weighted by Crippen LogP contribution is -2.52. The fourth-order valence-electron chi connectivity index (χ4n) is 3.01. The number of nitrogens with two attached hydrogens (primary N) is 1. The molecule has 2 bridgehead atoms. The molecule has 0 heterocycles. The standard InChI is InChI=1S/C12H15N/c13-11-3-1-2-9(4-11)5-12-6-10(7-12)8-12/h1-4,10H,5-8,13H2. The van der Waals surface area contributed by atoms with Crippen LogP contribution in [0.15, 0.2) is 24.3 Å². The maximum Gasteiger partial charge on any atom is 0.0316 e. The molecular formula is C12H15N. The highest BCUT2D eigenvalue weighted by Crippen LogP contribution is 2.65. The zero-order valence-corrected chi connectivity index (χ0v) is 7.79. The van der Waals surface area contributed by atoms with E-state index < -0.39 is 0 Å². The van der Waals surface area contributed by atoms with Gasteiger partial charge in [-0.1, -0.05) is 12.1 Å². The van der Waals surface area contributed by atoms with Crippen LogP contribution in [0.3, 0.4) is 0 Å². The topological polar surface area (TPSA) is 26.0 Å². The van der Waals surface area contributed by atoms with Gasteiger partial charge in [0.1, 0.15) is 0 Å². The van der Waals surface area contributed by atoms with Crippen LogP contribution < -0.4 is 5.73 Å². The minimum Gasteiger partial charge on any atom is -0.399 e. The number of nitrogen functional groups attached to an aromatic ring is 1. The largest absolute Gasteiger partial charge is 0.399 e. The third-order valence-corrected chi connectivity index (χ3v) is 3.70. The molecule has 13 heavy (non-hydrogen) atoms. The average Bonchev–Trinajstić information content (AvgIpc) is 1.95. The predicted octanol–water partition coefficient (Wildman–Crippen LogP) is 2.61. The zero-order valence-electron chi connectivity index (χ0n) is 7.79. The van der Waals surface area contributed by atoms with E-state index in [1.807, 2.05) is 6.07 Å². The van der Waals surface area contributed by atoms with Crippen molar-refractivity contribution >= 4 is 5.69 Å². The highest BCUT2D eigenvalue weighted by molar-refractivity contribution is 5.41. The Morgan fingerprint density at radius 2 is 2.08 bits per heavy atom. The van der Waals surface area contributed by atoms with Crippen LogP contribution in [0, 0.1) is 11.3 Å². The predicted molar refractivity (Wildman–Crippen MR) is 54.3 cm³/mol. The van der Waals surface area contributed by atoms with Gasteiger partial charge in [0, 0.05) is 5.69 Å². The van der Waals surface area contributed by atoms with Crippen molar-refractivity contribution in [1.82, 2.24) is 0 Å². The molecule has 0 aromatic heterocycles. The lowest BCUT2D eigenvalue weighted by molar-refractivity contribution is -0.105. The second-order valence-corrected chi connectivity index (χ2v) is 4.90. The summed E-state index contributed by atoms with van der Waals surface area (Å²) >= 11 is 0. The van der Waals surface area contributed by atoms with Crippen LogP contribution in [0.2, 0.25) is 0 Å². The van der Waals surface area contributed by atoms with Crippen LogP contribution in [0.25, 0.3) is 0 Å². The maximum absolute atomic E-state index is 5.75. The van der Waals surface area contributed by atoms with E-state index in [-0.39, 0.29) is 0 Å². The van der Waals surface area contributed by atoms with Crippen molar-refractivity contribution in [3.8, 4) is 0 Å². The van der Waals surface area contributed by atoms with Gasteiger partial charge in [-0.15, -0.1) is 0 Å². The molecule has 1 aromatic rings. The van der Waals surface area contributed by atoms with Gasteiger partial charge >= 0.3 is 0 Å². The van der Waals surface area contributed by atoms with Gasteiger partial charge in [-0.05, 0) is 54.7 Å². The lowest BCUT2D eigenvalue weighted by atomic mass is 9.43. The third kappa shape index (κ3) is 1.06. The average molecular weight is 173 g/mol. The van der Waals surface area contributed by atoms with E-state index in [4.69, 9.17) is 5.73 Å². The Kier molecular flexibility index (Phi) is 1.30. The van der Waals surface area contributed by atoms with E-state index >= 15 is 0 Å². The van der Waals surface area contributed by atoms with Gasteiger partial charge in [0.05, 0.1) is 0 Å². The molecule has 1 aromatic carbocycles. The van der Waals surface area contributed by atoms with E-state index in [1.54, 1.807) is 0 Å². The molecule has 2 N–H and O–H groups in total. The van der Waals surface area contributed by atoms with Gasteiger partial charge in [0.2, 0.25) is 0 Å². The number of rotatable bonds is 2. The highest BCUT2D eigenvalue weighted by atomic mass is 14.6. The number of hydrogen-bond donors (Lipinski definition) is 1. The molecule has 0 radical (unpaired) electrons. The Hall–Kier alpha value is -0.980. The Morgan fingerprint density at radius 3 is 2.62 bits per heavy atom. The van der Waals surface area contributed by atoms with Crippen molar-refractivity contribution in [3.05, 3.63) is 29.8 Å². The quantitative estimate of drug-likeness (QED) is 0.683. The van der Waals surface area contributed by atoms with Gasteiger partial charge in [-0.3, -0.25) is 0 Å². The van der Waals surface area contributed by atoms with Crippen LogP contribution >= 0.6 is 0 Å². The summed E-state index contributed by atoms with van der Waals surface area (Å²) in [5.74, 6) is 1.08. The van der Waals surface area contributed by atoms with Gasteiger partial charge in [0.15, 0.2) is 0 Å². The summed E-state index contributed by atoms with van der Waals surface area (Å²) in [5.41, 5.74) is 8.79. The molecule has 3 aliphatic carbocycles. The first-order valence-electron chi connectivity index (χ1n) is 5.10. The van der Waals surface area contributed by atoms with E-state index in [2.05, 4.69) is 18.2 Å². The molecule has 0 saturated heterocycles. The molecule has 3 saturated carbocycles. The van der Waals surface area contributed by atoms with Crippen molar-refractivity contribution < 1.29 is 0 Å². The van der Waals surface area contributed by atoms with E-state index in [9.17, 15) is 0 Å². The second kappa shape index (κ2) is 2.28. The molecule has 0 amide bonds. The summed E-state index contributed by atoms with van der Waals surface area (Å²) in [7, 11) is 0. The molecule has 1 heteroatoms. The van der Waals surface area contributed by atoms with Gasteiger partial charge in [-0.25, -0.2) is 0 Å². The highest BCUT2D eigenvalue weighted by Gasteiger charge is 2.55. The first kappa shape index (κ1) is 7.43. The van der Waals surface area contributed by atoms with Crippen LogP contribution in [0.4, 0.5) is 5.69 Å². The Labute approximate surface area is 78.9 Å². The molecule has 0 aliphatic heterocycles. The number of hydrogen-bond acceptors (Lipinski definition) is 1. The molecule has 68 valence electrons. The first-order valence-corrected chi connectivity index (χ1v) is 5.10. The fraction of sp³-hybridized carbons (Fsp3) is 0.500. The third-order valence-electron chi connectivity index (χ3n) is 3.70. The van der Waals surface area contributed by atoms with Crippen molar-refractivity contribution in [1.29, 1.82) is 0 Å². The Bertz CT molecular complexity index is 326. The second-order valence-electron chi connectivity index (χ2n) is 4.90. The number of benzene rings is 1. The fourth-order valence-corrected chi connectivity index (χ4v) is 3.01. The molecule has 0 unspecified atom stereocenters. The Balaban J connectivity index is 1.78. The van der Waals surface area contributed by atoms with E-state index in [0.29, 0.717) is 5.41 Å². The summed E-state index contributed by atoms with van der Waals surface area (Å²) in [6, 6.07) is 8.36. The normalized spacial score (nSPS) is 34.9. The van der Waals surface area contributed by atoms with E-state index in [1.165, 1.54) is 31.2 Å². The minimum atomic E-state index is 0.707. The monoisotopic (exact) mass is 173 g/mol. The molecule has 3 aliphatic rings. The molecule has 4 rings (SSSR count). The summed E-state index contributed by atoms with van der Waals surface area (Å²) in [6.45, 7) is 0. The summed E-state index contributed by atoms with van der Waals surface area (Å²) in [4.78, 5) is 0. The molecular weight excluding hydrogens is 158 g/mol. The SMILES string of the molecule is Nc1cccc(CC23CC(C2)C3)c1. The van der Waals surface area contributed by atoms with Gasteiger partial charge in [-0.2, -0.15) is 0 Å². The first-order chi connectivity index (χ1) is 6.26. The summed E-state index contributed by atoms with van der Waals surface area (Å²) in [6.07, 6.45) is 5.68. The molecule has 0 spiro atoms. The van der Waals surface area contributed by atoms with Gasteiger partial charge < -0.3 is 5.73 Å². The smallest absolute Gasteiger partial charge is 0.0316 e. The van der Waals surface area contributed by atoms with Crippen molar-refractivity contribution in [2.45, 2.75) is 25.7 Å². The minimum absolute atomic E-state index is 0.707. The van der Waals surface area contributed by atoms with Crippen molar-refractivity contribution in [2.24, 2.45) is 11.3 Å². The van der Waals surface area contributed by atoms with Crippen molar-refractivity contribution in [2.75, 3.05) is 5.73 Å².